The van der Waals surface area contributed by atoms with Crippen LogP contribution in [0.1, 0.15) is 18.5 Å². The van der Waals surface area contributed by atoms with Crippen molar-refractivity contribution in [1.29, 1.82) is 0 Å². The fourth-order valence-corrected chi connectivity index (χ4v) is 2.98. The molecular weight excluding hydrogens is 262 g/mol. The standard InChI is InChI=1S/C17H23N3O/c1-18-11-14-10-13-6-3-4-8-16(13)17(19-14)20(2)12-15-7-5-9-21-15/h3-4,6,8,10,15,18H,5,7,9,11-12H2,1-2H3. The van der Waals surface area contributed by atoms with Gasteiger partial charge in [-0.3, -0.25) is 0 Å². The average molecular weight is 285 g/mol. The van der Waals surface area contributed by atoms with Crippen LogP contribution in [0.25, 0.3) is 10.8 Å². The maximum absolute atomic E-state index is 5.75. The summed E-state index contributed by atoms with van der Waals surface area (Å²) < 4.78 is 5.75. The van der Waals surface area contributed by atoms with E-state index in [4.69, 9.17) is 9.72 Å². The zero-order valence-corrected chi connectivity index (χ0v) is 12.8. The predicted octanol–water partition coefficient (Wildman–Crippen LogP) is 2.57. The number of hydrogen-bond acceptors (Lipinski definition) is 4. The van der Waals surface area contributed by atoms with Gasteiger partial charge in [-0.25, -0.2) is 4.98 Å². The number of pyridine rings is 1. The van der Waals surface area contributed by atoms with Crippen molar-refractivity contribution in [3.63, 3.8) is 0 Å². The van der Waals surface area contributed by atoms with Crippen LogP contribution in [0.2, 0.25) is 0 Å². The molecule has 1 aliphatic heterocycles. The number of ether oxygens (including phenoxy) is 1. The molecule has 1 aliphatic rings. The van der Waals surface area contributed by atoms with Crippen molar-refractivity contribution >= 4 is 16.6 Å². The quantitative estimate of drug-likeness (QED) is 0.916. The van der Waals surface area contributed by atoms with Crippen molar-refractivity contribution in [2.24, 2.45) is 0 Å². The number of nitrogens with zero attached hydrogens (tertiary/aromatic N) is 2. The smallest absolute Gasteiger partial charge is 0.136 e. The van der Waals surface area contributed by atoms with E-state index in [1.165, 1.54) is 17.2 Å². The van der Waals surface area contributed by atoms with Crippen LogP contribution in [0, 0.1) is 0 Å². The molecule has 21 heavy (non-hydrogen) atoms. The first-order chi connectivity index (χ1) is 10.3. The van der Waals surface area contributed by atoms with Gasteiger partial charge in [-0.2, -0.15) is 0 Å². The molecule has 1 fully saturated rings. The molecule has 1 aromatic heterocycles. The molecule has 112 valence electrons. The summed E-state index contributed by atoms with van der Waals surface area (Å²) in [6.45, 7) is 2.58. The molecule has 1 unspecified atom stereocenters. The molecule has 0 aliphatic carbocycles. The topological polar surface area (TPSA) is 37.4 Å². The molecule has 0 amide bonds. The van der Waals surface area contributed by atoms with Crippen LogP contribution in [-0.2, 0) is 11.3 Å². The van der Waals surface area contributed by atoms with Crippen LogP contribution in [0.4, 0.5) is 5.82 Å². The highest BCUT2D eigenvalue weighted by atomic mass is 16.5. The SMILES string of the molecule is CNCc1cc2ccccc2c(N(C)CC2CCCO2)n1. The van der Waals surface area contributed by atoms with Gasteiger partial charge < -0.3 is 15.0 Å². The molecule has 1 saturated heterocycles. The van der Waals surface area contributed by atoms with Gasteiger partial charge in [0, 0.05) is 32.1 Å². The van der Waals surface area contributed by atoms with E-state index in [2.05, 4.69) is 47.6 Å². The van der Waals surface area contributed by atoms with Gasteiger partial charge in [-0.05, 0) is 31.3 Å². The third kappa shape index (κ3) is 3.17. The van der Waals surface area contributed by atoms with E-state index in [0.29, 0.717) is 6.10 Å². The largest absolute Gasteiger partial charge is 0.376 e. The maximum atomic E-state index is 5.75. The molecule has 0 spiro atoms. The van der Waals surface area contributed by atoms with E-state index in [-0.39, 0.29) is 0 Å². The molecule has 4 heteroatoms. The summed E-state index contributed by atoms with van der Waals surface area (Å²) in [6.07, 6.45) is 2.66. The normalized spacial score (nSPS) is 18.3. The number of rotatable bonds is 5. The Balaban J connectivity index is 1.94. The molecule has 0 saturated carbocycles. The molecular formula is C17H23N3O. The lowest BCUT2D eigenvalue weighted by Crippen LogP contribution is -2.29. The van der Waals surface area contributed by atoms with Crippen LogP contribution in [0.15, 0.2) is 30.3 Å². The summed E-state index contributed by atoms with van der Waals surface area (Å²) in [6, 6.07) is 10.6. The lowest BCUT2D eigenvalue weighted by molar-refractivity contribution is 0.116. The van der Waals surface area contributed by atoms with Gasteiger partial charge in [0.1, 0.15) is 5.82 Å². The Hall–Kier alpha value is -1.65. The number of benzene rings is 1. The van der Waals surface area contributed by atoms with Crippen molar-refractivity contribution in [3.05, 3.63) is 36.0 Å². The Morgan fingerprint density at radius 2 is 2.24 bits per heavy atom. The second-order valence-corrected chi connectivity index (χ2v) is 5.70. The van der Waals surface area contributed by atoms with E-state index in [1.54, 1.807) is 0 Å². The van der Waals surface area contributed by atoms with Crippen molar-refractivity contribution in [2.75, 3.05) is 32.1 Å². The molecule has 0 radical (unpaired) electrons. The van der Waals surface area contributed by atoms with Crippen LogP contribution >= 0.6 is 0 Å². The van der Waals surface area contributed by atoms with Crippen molar-refractivity contribution in [2.45, 2.75) is 25.5 Å². The molecule has 2 heterocycles. The van der Waals surface area contributed by atoms with Crippen LogP contribution < -0.4 is 10.2 Å². The van der Waals surface area contributed by atoms with E-state index in [9.17, 15) is 0 Å². The van der Waals surface area contributed by atoms with E-state index in [1.807, 2.05) is 7.05 Å². The summed E-state index contributed by atoms with van der Waals surface area (Å²) in [5.74, 6) is 1.05. The second kappa shape index (κ2) is 6.41. The minimum Gasteiger partial charge on any atom is -0.376 e. The van der Waals surface area contributed by atoms with Crippen molar-refractivity contribution < 1.29 is 4.74 Å². The third-order valence-electron chi connectivity index (χ3n) is 3.99. The minimum atomic E-state index is 0.337. The minimum absolute atomic E-state index is 0.337. The number of likely N-dealkylation sites (N-methyl/N-ethyl adjacent to an activating group) is 1. The first-order valence-electron chi connectivity index (χ1n) is 7.64. The van der Waals surface area contributed by atoms with Crippen LogP contribution in [-0.4, -0.2) is 38.3 Å². The first kappa shape index (κ1) is 14.3. The average Bonchev–Trinajstić information content (AvgIpc) is 2.99. The monoisotopic (exact) mass is 285 g/mol. The van der Waals surface area contributed by atoms with E-state index >= 15 is 0 Å². The van der Waals surface area contributed by atoms with Crippen LogP contribution in [0.5, 0.6) is 0 Å². The lowest BCUT2D eigenvalue weighted by atomic mass is 10.1. The molecule has 4 nitrogen and oxygen atoms in total. The zero-order chi connectivity index (χ0) is 14.7. The van der Waals surface area contributed by atoms with Gasteiger partial charge in [0.2, 0.25) is 0 Å². The van der Waals surface area contributed by atoms with Gasteiger partial charge in [0.05, 0.1) is 11.8 Å². The molecule has 2 aromatic rings. The Morgan fingerprint density at radius 1 is 1.38 bits per heavy atom. The summed E-state index contributed by atoms with van der Waals surface area (Å²) in [5, 5.41) is 5.63. The summed E-state index contributed by atoms with van der Waals surface area (Å²) in [4.78, 5) is 7.07. The molecule has 1 aromatic carbocycles. The maximum Gasteiger partial charge on any atom is 0.136 e. The highest BCUT2D eigenvalue weighted by molar-refractivity contribution is 5.92. The van der Waals surface area contributed by atoms with Gasteiger partial charge in [0.15, 0.2) is 0 Å². The van der Waals surface area contributed by atoms with E-state index in [0.717, 1.165) is 37.6 Å². The fraction of sp³-hybridized carbons (Fsp3) is 0.471. The lowest BCUT2D eigenvalue weighted by Gasteiger charge is -2.24. The Morgan fingerprint density at radius 3 is 3.00 bits per heavy atom. The number of aromatic nitrogens is 1. The molecule has 3 rings (SSSR count). The number of fused-ring (bicyclic) bond motifs is 1. The summed E-state index contributed by atoms with van der Waals surface area (Å²) in [5.41, 5.74) is 1.07. The van der Waals surface area contributed by atoms with Gasteiger partial charge in [-0.1, -0.05) is 24.3 Å². The predicted molar refractivity (Wildman–Crippen MR) is 86.8 cm³/mol. The van der Waals surface area contributed by atoms with Crippen LogP contribution in [0.3, 0.4) is 0 Å². The fourth-order valence-electron chi connectivity index (χ4n) is 2.98. The van der Waals surface area contributed by atoms with Crippen molar-refractivity contribution in [3.8, 4) is 0 Å². The van der Waals surface area contributed by atoms with Gasteiger partial charge >= 0.3 is 0 Å². The van der Waals surface area contributed by atoms with E-state index < -0.39 is 0 Å². The van der Waals surface area contributed by atoms with Gasteiger partial charge in [-0.15, -0.1) is 0 Å². The highest BCUT2D eigenvalue weighted by Crippen LogP contribution is 2.26. The highest BCUT2D eigenvalue weighted by Gasteiger charge is 2.19. The Labute approximate surface area is 126 Å². The molecule has 1 N–H and O–H groups in total. The number of hydrogen-bond donors (Lipinski definition) is 1. The molecule has 1 atom stereocenters. The summed E-state index contributed by atoms with van der Waals surface area (Å²) in [7, 11) is 4.06. The molecule has 0 bridgehead atoms. The Kier molecular flexibility index (Phi) is 4.36. The van der Waals surface area contributed by atoms with Crippen molar-refractivity contribution in [1.82, 2.24) is 10.3 Å². The number of nitrogens with one attached hydrogen (secondary N) is 1. The van der Waals surface area contributed by atoms with Gasteiger partial charge in [0.25, 0.3) is 0 Å². The zero-order valence-electron chi connectivity index (χ0n) is 12.8. The first-order valence-corrected chi connectivity index (χ1v) is 7.64. The Bertz CT molecular complexity index is 608. The summed E-state index contributed by atoms with van der Waals surface area (Å²) >= 11 is 0. The second-order valence-electron chi connectivity index (χ2n) is 5.70. The number of anilines is 1. The third-order valence-corrected chi connectivity index (χ3v) is 3.99.